The van der Waals surface area contributed by atoms with Crippen molar-refractivity contribution in [2.75, 3.05) is 26.9 Å². The Kier molecular flexibility index (Phi) is 16.2. The molecule has 3 aromatic carbocycles. The highest BCUT2D eigenvalue weighted by molar-refractivity contribution is 6.99. The summed E-state index contributed by atoms with van der Waals surface area (Å²) in [4.78, 5) is 0. The highest BCUT2D eigenvalue weighted by atomic mass is 28.4. The molecule has 0 aliphatic carbocycles. The van der Waals surface area contributed by atoms with Crippen molar-refractivity contribution in [1.82, 2.24) is 0 Å². The van der Waals surface area contributed by atoms with Gasteiger partial charge in [0, 0.05) is 31.7 Å². The summed E-state index contributed by atoms with van der Waals surface area (Å²) < 4.78 is 34.6. The lowest BCUT2D eigenvalue weighted by molar-refractivity contribution is -0.0870. The van der Waals surface area contributed by atoms with Crippen LogP contribution in [0.3, 0.4) is 0 Å². The molecule has 302 valence electrons. The molecule has 0 bridgehead atoms. The maximum Gasteiger partial charge on any atom is 0.261 e. The second-order valence-electron chi connectivity index (χ2n) is 19.2. The van der Waals surface area contributed by atoms with Crippen molar-refractivity contribution in [1.29, 1.82) is 0 Å². The number of rotatable bonds is 19. The summed E-state index contributed by atoms with van der Waals surface area (Å²) in [7, 11) is -5.58. The van der Waals surface area contributed by atoms with Crippen LogP contribution in [0.25, 0.3) is 0 Å². The average molecular weight is 795 g/mol. The fraction of sp³-hybridized carbons (Fsp3) is 0.600. The van der Waals surface area contributed by atoms with Crippen LogP contribution in [0.15, 0.2) is 84.9 Å². The van der Waals surface area contributed by atoms with Crippen LogP contribution in [0.5, 0.6) is 5.75 Å². The first kappa shape index (κ1) is 46.3. The molecule has 3 rings (SSSR count). The summed E-state index contributed by atoms with van der Waals surface area (Å²) in [5, 5.41) is 12.8. The number of aliphatic hydroxyl groups excluding tert-OH is 1. The van der Waals surface area contributed by atoms with Gasteiger partial charge in [0.05, 0.1) is 25.9 Å². The van der Waals surface area contributed by atoms with E-state index in [1.165, 1.54) is 10.4 Å². The summed E-state index contributed by atoms with van der Waals surface area (Å²) >= 11 is 0. The number of hydrogen-bond acceptors (Lipinski definition) is 6. The van der Waals surface area contributed by atoms with Crippen molar-refractivity contribution in [3.8, 4) is 5.75 Å². The summed E-state index contributed by atoms with van der Waals surface area (Å²) in [5.74, 6) is 0.618. The number of hydrogen-bond donors (Lipinski definition) is 1. The van der Waals surface area contributed by atoms with Gasteiger partial charge in [-0.05, 0) is 75.8 Å². The van der Waals surface area contributed by atoms with Crippen LogP contribution in [0, 0.1) is 11.8 Å². The quantitative estimate of drug-likeness (QED) is 0.122. The lowest BCUT2D eigenvalue weighted by Gasteiger charge is -2.46. The molecular weight excluding hydrogens is 721 g/mol. The molecule has 1 N–H and O–H groups in total. The van der Waals surface area contributed by atoms with Crippen LogP contribution in [-0.4, -0.2) is 69.2 Å². The third-order valence-corrected chi connectivity index (χ3v) is 26.2. The Labute approximate surface area is 332 Å². The maximum absolute atomic E-state index is 10.5. The van der Waals surface area contributed by atoms with Crippen LogP contribution in [0.2, 0.25) is 41.3 Å². The Hall–Kier alpha value is -2.09. The molecule has 4 atom stereocenters. The fourth-order valence-corrected chi connectivity index (χ4v) is 13.8. The molecule has 0 aromatic heterocycles. The number of ether oxygens (including phenoxy) is 2. The van der Waals surface area contributed by atoms with Gasteiger partial charge in [0.1, 0.15) is 5.75 Å². The monoisotopic (exact) mass is 794 g/mol. The SMILES string of the molecule is COc1ccc(CO[C@H]([C@@H](CO[Si](C)(C)C(C)(C)C)CO[Si](c2ccccc2)(c2ccccc2)C(C)(C)C)[C@H](C)[C@H](CCO)O[Si](C)(C)C(C)(C)C)cc1. The summed E-state index contributed by atoms with van der Waals surface area (Å²) in [5.41, 5.74) is 1.06. The van der Waals surface area contributed by atoms with Crippen molar-refractivity contribution in [2.45, 2.75) is 136 Å². The van der Waals surface area contributed by atoms with E-state index in [2.05, 4.69) is 168 Å². The molecule has 3 aromatic rings. The molecule has 54 heavy (non-hydrogen) atoms. The first-order chi connectivity index (χ1) is 25.0. The predicted octanol–water partition coefficient (Wildman–Crippen LogP) is 10.2. The predicted molar refractivity (Wildman–Crippen MR) is 235 cm³/mol. The van der Waals surface area contributed by atoms with E-state index in [-0.39, 0.29) is 45.8 Å². The lowest BCUT2D eigenvalue weighted by atomic mass is 9.87. The number of benzene rings is 3. The van der Waals surface area contributed by atoms with Gasteiger partial charge in [-0.15, -0.1) is 0 Å². The first-order valence-electron chi connectivity index (χ1n) is 19.9. The molecular formula is C45H74O6Si3. The smallest absolute Gasteiger partial charge is 0.261 e. The van der Waals surface area contributed by atoms with Crippen molar-refractivity contribution >= 4 is 35.3 Å². The Balaban J connectivity index is 2.22. The Morgan fingerprint density at radius 1 is 0.630 bits per heavy atom. The molecule has 0 aliphatic heterocycles. The molecule has 0 saturated carbocycles. The van der Waals surface area contributed by atoms with Gasteiger partial charge in [-0.1, -0.05) is 142 Å². The Morgan fingerprint density at radius 2 is 1.11 bits per heavy atom. The van der Waals surface area contributed by atoms with Crippen molar-refractivity contribution in [2.24, 2.45) is 11.8 Å². The first-order valence-corrected chi connectivity index (χ1v) is 27.7. The normalized spacial score (nSPS) is 15.8. The summed E-state index contributed by atoms with van der Waals surface area (Å²) in [6.07, 6.45) is 0.0259. The van der Waals surface area contributed by atoms with Gasteiger partial charge in [-0.3, -0.25) is 0 Å². The van der Waals surface area contributed by atoms with E-state index in [0.717, 1.165) is 11.3 Å². The minimum Gasteiger partial charge on any atom is -0.497 e. The average Bonchev–Trinajstić information content (AvgIpc) is 3.09. The van der Waals surface area contributed by atoms with E-state index in [1.54, 1.807) is 7.11 Å². The topological polar surface area (TPSA) is 66.4 Å². The van der Waals surface area contributed by atoms with Gasteiger partial charge in [-0.2, -0.15) is 0 Å². The zero-order valence-electron chi connectivity index (χ0n) is 36.4. The molecule has 0 amide bonds. The van der Waals surface area contributed by atoms with Crippen LogP contribution in [0.1, 0.15) is 81.2 Å². The van der Waals surface area contributed by atoms with Crippen LogP contribution in [-0.2, 0) is 24.6 Å². The van der Waals surface area contributed by atoms with Crippen LogP contribution in [0.4, 0.5) is 0 Å². The highest BCUT2D eigenvalue weighted by Crippen LogP contribution is 2.42. The third kappa shape index (κ3) is 11.5. The molecule has 0 saturated heterocycles. The molecule has 0 fully saturated rings. The zero-order chi connectivity index (χ0) is 40.6. The molecule has 6 nitrogen and oxygen atoms in total. The van der Waals surface area contributed by atoms with Crippen LogP contribution >= 0.6 is 0 Å². The standard InChI is InChI=1S/C45H74O6Si3/c1-35(41(30-31-46)51-53(14,15)44(5,6)7)42(48-32-36-26-28-38(47-11)29-27-36)37(33-49-52(12,13)43(2,3)4)34-50-54(45(8,9)10,39-22-18-16-19-23-39)40-24-20-17-21-25-40/h16-29,35,37,41-42,46H,30-34H2,1-15H3/t35-,37+,41+,42+/m1/s1. The lowest BCUT2D eigenvalue weighted by Crippen LogP contribution is -2.67. The van der Waals surface area contributed by atoms with E-state index >= 15 is 0 Å². The fourth-order valence-electron chi connectivity index (χ4n) is 6.72. The minimum atomic E-state index is -2.89. The van der Waals surface area contributed by atoms with E-state index in [4.69, 9.17) is 22.8 Å². The molecule has 0 unspecified atom stereocenters. The van der Waals surface area contributed by atoms with E-state index < -0.39 is 25.0 Å². The van der Waals surface area contributed by atoms with Gasteiger partial charge in [0.25, 0.3) is 8.32 Å². The summed E-state index contributed by atoms with van der Waals surface area (Å²) in [6.45, 7) is 33.5. The second kappa shape index (κ2) is 18.9. The van der Waals surface area contributed by atoms with Gasteiger partial charge in [0.15, 0.2) is 16.6 Å². The number of methoxy groups -OCH3 is 1. The molecule has 9 heteroatoms. The highest BCUT2D eigenvalue weighted by Gasteiger charge is 2.51. The van der Waals surface area contributed by atoms with Gasteiger partial charge < -0.3 is 27.9 Å². The van der Waals surface area contributed by atoms with E-state index in [0.29, 0.717) is 26.2 Å². The third-order valence-electron chi connectivity index (χ3n) is 12.2. The Morgan fingerprint density at radius 3 is 1.54 bits per heavy atom. The van der Waals surface area contributed by atoms with E-state index in [1.807, 2.05) is 12.1 Å². The van der Waals surface area contributed by atoms with Crippen molar-refractivity contribution in [3.63, 3.8) is 0 Å². The Bertz CT molecular complexity index is 1490. The van der Waals surface area contributed by atoms with Gasteiger partial charge in [-0.25, -0.2) is 0 Å². The van der Waals surface area contributed by atoms with Crippen LogP contribution < -0.4 is 15.1 Å². The number of aliphatic hydroxyl groups is 1. The zero-order valence-corrected chi connectivity index (χ0v) is 39.4. The van der Waals surface area contributed by atoms with Gasteiger partial charge in [0.2, 0.25) is 0 Å². The molecule has 0 heterocycles. The molecule has 0 spiro atoms. The van der Waals surface area contributed by atoms with Crippen molar-refractivity contribution in [3.05, 3.63) is 90.5 Å². The molecule has 0 radical (unpaired) electrons. The van der Waals surface area contributed by atoms with E-state index in [9.17, 15) is 5.11 Å². The van der Waals surface area contributed by atoms with Gasteiger partial charge >= 0.3 is 0 Å². The van der Waals surface area contributed by atoms with Crippen molar-refractivity contribution < 1.29 is 27.9 Å². The minimum absolute atomic E-state index is 0.0110. The largest absolute Gasteiger partial charge is 0.497 e. The molecule has 0 aliphatic rings. The maximum atomic E-state index is 10.5. The summed E-state index contributed by atoms with van der Waals surface area (Å²) in [6, 6.07) is 29.8. The second-order valence-corrected chi connectivity index (χ2v) is 33.1.